The lowest BCUT2D eigenvalue weighted by atomic mass is 10.3. The van der Waals surface area contributed by atoms with Crippen LogP contribution in [0.4, 0.5) is 5.13 Å². The molecule has 3 heterocycles. The second kappa shape index (κ2) is 8.56. The van der Waals surface area contributed by atoms with E-state index in [0.29, 0.717) is 20.8 Å². The highest BCUT2D eigenvalue weighted by molar-refractivity contribution is 7.71. The van der Waals surface area contributed by atoms with Crippen LogP contribution in [0.15, 0.2) is 10.9 Å². The number of hydrogen-bond donors (Lipinski definition) is 2. The molecule has 0 aliphatic heterocycles. The van der Waals surface area contributed by atoms with E-state index in [4.69, 9.17) is 17.0 Å². The topological polar surface area (TPSA) is 106 Å². The summed E-state index contributed by atoms with van der Waals surface area (Å²) in [6.07, 6.45) is 0.557. The van der Waals surface area contributed by atoms with Crippen molar-refractivity contribution in [2.24, 2.45) is 0 Å². The smallest absolute Gasteiger partial charge is 0.350 e. The zero-order valence-corrected chi connectivity index (χ0v) is 18.8. The number of carbonyl (C=O) groups excluding carboxylic acids is 2. The zero-order chi connectivity index (χ0) is 21.3. The number of fused-ring (bicyclic) bond motifs is 1. The van der Waals surface area contributed by atoms with Crippen molar-refractivity contribution in [1.82, 2.24) is 14.5 Å². The average Bonchev–Trinajstić information content (AvgIpc) is 3.21. The minimum Gasteiger partial charge on any atom is -0.459 e. The molecule has 0 fully saturated rings. The summed E-state index contributed by atoms with van der Waals surface area (Å²) in [4.78, 5) is 46.6. The molecule has 2 N–H and O–H groups in total. The molecule has 0 saturated heterocycles. The van der Waals surface area contributed by atoms with Gasteiger partial charge in [0.1, 0.15) is 16.3 Å². The number of hydrogen-bond acceptors (Lipinski definition) is 8. The molecule has 0 spiro atoms. The first-order chi connectivity index (χ1) is 13.7. The summed E-state index contributed by atoms with van der Waals surface area (Å²) < 4.78 is 6.57. The number of anilines is 1. The van der Waals surface area contributed by atoms with E-state index in [1.807, 2.05) is 13.0 Å². The minimum absolute atomic E-state index is 0.179. The van der Waals surface area contributed by atoms with E-state index in [1.165, 1.54) is 15.9 Å². The Labute approximate surface area is 179 Å². The third kappa shape index (κ3) is 4.62. The maximum atomic E-state index is 12.7. The third-order valence-corrected chi connectivity index (χ3v) is 6.52. The van der Waals surface area contributed by atoms with E-state index in [9.17, 15) is 14.4 Å². The fraction of sp³-hybridized carbons (Fsp3) is 0.389. The van der Waals surface area contributed by atoms with Crippen LogP contribution in [0.5, 0.6) is 0 Å². The molecule has 8 nitrogen and oxygen atoms in total. The van der Waals surface area contributed by atoms with E-state index < -0.39 is 11.9 Å². The van der Waals surface area contributed by atoms with Crippen molar-refractivity contribution in [3.8, 4) is 0 Å². The zero-order valence-electron chi connectivity index (χ0n) is 16.3. The number of esters is 1. The SMILES string of the molecule is CCc1cc2c(=O)n(CC(=O)Nc3nc(C)c(C(=O)OC(C)C)s3)c(=S)[nH]c2s1. The molecule has 0 radical (unpaired) electrons. The number of aryl methyl sites for hydroxylation is 2. The van der Waals surface area contributed by atoms with Gasteiger partial charge in [-0.15, -0.1) is 11.3 Å². The fourth-order valence-electron chi connectivity index (χ4n) is 2.62. The molecule has 0 unspecified atom stereocenters. The molecule has 0 saturated carbocycles. The van der Waals surface area contributed by atoms with Gasteiger partial charge in [0.25, 0.3) is 5.56 Å². The van der Waals surface area contributed by atoms with Gasteiger partial charge in [-0.25, -0.2) is 9.78 Å². The molecular formula is C18H20N4O4S3. The predicted molar refractivity (Wildman–Crippen MR) is 117 cm³/mol. The first kappa shape index (κ1) is 21.3. The van der Waals surface area contributed by atoms with Crippen molar-refractivity contribution in [1.29, 1.82) is 0 Å². The molecule has 1 amide bonds. The molecule has 0 aliphatic carbocycles. The Balaban J connectivity index is 1.80. The lowest BCUT2D eigenvalue weighted by Gasteiger charge is -2.06. The fourth-order valence-corrected chi connectivity index (χ4v) is 4.79. The molecule has 0 atom stereocenters. The molecular weight excluding hydrogens is 432 g/mol. The predicted octanol–water partition coefficient (Wildman–Crippen LogP) is 3.65. The standard InChI is InChI=1S/C18H20N4O4S3/c1-5-10-6-11-14(28-10)21-18(27)22(15(11)24)7-12(23)20-17-19-9(4)13(29-17)16(25)26-8(2)3/h6,8H,5,7H2,1-4H3,(H,21,27)(H,19,20,23). The van der Waals surface area contributed by atoms with Crippen molar-refractivity contribution in [3.05, 3.63) is 36.6 Å². The van der Waals surface area contributed by atoms with Crippen LogP contribution in [0.1, 0.15) is 41.0 Å². The van der Waals surface area contributed by atoms with Crippen LogP contribution in [-0.4, -0.2) is 32.5 Å². The maximum absolute atomic E-state index is 12.7. The number of ether oxygens (including phenoxy) is 1. The number of carbonyl (C=O) groups is 2. The minimum atomic E-state index is -0.483. The van der Waals surface area contributed by atoms with Gasteiger partial charge >= 0.3 is 5.97 Å². The number of nitrogens with zero attached hydrogens (tertiary/aromatic N) is 2. The Kier molecular flexibility index (Phi) is 6.30. The Bertz CT molecular complexity index is 1200. The highest BCUT2D eigenvalue weighted by Crippen LogP contribution is 2.24. The quantitative estimate of drug-likeness (QED) is 0.437. The van der Waals surface area contributed by atoms with Crippen molar-refractivity contribution >= 4 is 62.1 Å². The summed E-state index contributed by atoms with van der Waals surface area (Å²) in [5.41, 5.74) is 0.156. The summed E-state index contributed by atoms with van der Waals surface area (Å²) in [5, 5.41) is 3.39. The number of amides is 1. The van der Waals surface area contributed by atoms with Crippen molar-refractivity contribution in [2.45, 2.75) is 46.8 Å². The summed E-state index contributed by atoms with van der Waals surface area (Å²) >= 11 is 7.76. The monoisotopic (exact) mass is 452 g/mol. The van der Waals surface area contributed by atoms with Gasteiger partial charge in [-0.3, -0.25) is 14.2 Å². The van der Waals surface area contributed by atoms with E-state index in [0.717, 1.165) is 22.6 Å². The molecule has 11 heteroatoms. The number of aromatic nitrogens is 3. The maximum Gasteiger partial charge on any atom is 0.350 e. The van der Waals surface area contributed by atoms with E-state index in [-0.39, 0.29) is 28.1 Å². The van der Waals surface area contributed by atoms with Crippen LogP contribution in [0.2, 0.25) is 0 Å². The summed E-state index contributed by atoms with van der Waals surface area (Å²) in [5.74, 6) is -0.946. The lowest BCUT2D eigenvalue weighted by molar-refractivity contribution is -0.116. The molecule has 3 rings (SSSR count). The normalized spacial score (nSPS) is 11.2. The number of nitrogens with one attached hydrogen (secondary N) is 2. The molecule has 0 aliphatic rings. The second-order valence-electron chi connectivity index (χ2n) is 6.57. The van der Waals surface area contributed by atoms with Crippen LogP contribution < -0.4 is 10.9 Å². The van der Waals surface area contributed by atoms with Crippen LogP contribution in [0.3, 0.4) is 0 Å². The van der Waals surface area contributed by atoms with Gasteiger partial charge in [-0.2, -0.15) is 0 Å². The van der Waals surface area contributed by atoms with Crippen LogP contribution >= 0.6 is 34.9 Å². The second-order valence-corrected chi connectivity index (χ2v) is 9.09. The number of rotatable bonds is 6. The van der Waals surface area contributed by atoms with Crippen molar-refractivity contribution < 1.29 is 14.3 Å². The number of aromatic amines is 1. The highest BCUT2D eigenvalue weighted by Gasteiger charge is 2.19. The highest BCUT2D eigenvalue weighted by atomic mass is 32.1. The largest absolute Gasteiger partial charge is 0.459 e. The summed E-state index contributed by atoms with van der Waals surface area (Å²) in [7, 11) is 0. The van der Waals surface area contributed by atoms with Gasteiger partial charge in [-0.1, -0.05) is 18.3 Å². The van der Waals surface area contributed by atoms with Crippen molar-refractivity contribution in [3.63, 3.8) is 0 Å². The van der Waals surface area contributed by atoms with Gasteiger partial charge < -0.3 is 15.0 Å². The number of thiophene rings is 1. The first-order valence-electron chi connectivity index (χ1n) is 8.93. The molecule has 3 aromatic rings. The molecule has 3 aromatic heterocycles. The van der Waals surface area contributed by atoms with E-state index in [2.05, 4.69) is 15.3 Å². The number of thiazole rings is 1. The molecule has 0 bridgehead atoms. The van der Waals surface area contributed by atoms with Gasteiger partial charge in [0.05, 0.1) is 17.2 Å². The summed E-state index contributed by atoms with van der Waals surface area (Å²) in [6.45, 7) is 6.93. The van der Waals surface area contributed by atoms with Gasteiger partial charge in [0.2, 0.25) is 5.91 Å². The Morgan fingerprint density at radius 1 is 1.38 bits per heavy atom. The Hall–Kier alpha value is -2.37. The number of H-pyrrole nitrogens is 1. The molecule has 154 valence electrons. The summed E-state index contributed by atoms with van der Waals surface area (Å²) in [6, 6.07) is 1.82. The van der Waals surface area contributed by atoms with E-state index in [1.54, 1.807) is 20.8 Å². The average molecular weight is 453 g/mol. The van der Waals surface area contributed by atoms with Crippen LogP contribution in [0, 0.1) is 11.7 Å². The molecule has 0 aromatic carbocycles. The van der Waals surface area contributed by atoms with Crippen LogP contribution in [-0.2, 0) is 22.5 Å². The van der Waals surface area contributed by atoms with Crippen molar-refractivity contribution in [2.75, 3.05) is 5.32 Å². The van der Waals surface area contributed by atoms with Gasteiger partial charge in [-0.05, 0) is 45.5 Å². The Morgan fingerprint density at radius 2 is 2.10 bits per heavy atom. The lowest BCUT2D eigenvalue weighted by Crippen LogP contribution is -2.28. The van der Waals surface area contributed by atoms with Crippen LogP contribution in [0.25, 0.3) is 10.2 Å². The van der Waals surface area contributed by atoms with Gasteiger partial charge in [0, 0.05) is 4.88 Å². The third-order valence-electron chi connectivity index (χ3n) is 3.95. The van der Waals surface area contributed by atoms with E-state index >= 15 is 0 Å². The Morgan fingerprint density at radius 3 is 2.76 bits per heavy atom. The van der Waals surface area contributed by atoms with Gasteiger partial charge in [0.15, 0.2) is 9.90 Å². The first-order valence-corrected chi connectivity index (χ1v) is 11.0. The molecule has 29 heavy (non-hydrogen) atoms.